The Kier molecular flexibility index (Phi) is 11.9. The summed E-state index contributed by atoms with van der Waals surface area (Å²) in [4.78, 5) is 26.9. The fourth-order valence-electron chi connectivity index (χ4n) is 7.89. The molecule has 0 amide bonds. The Morgan fingerprint density at radius 2 is 1.28 bits per heavy atom. The van der Waals surface area contributed by atoms with Gasteiger partial charge in [-0.1, -0.05) is 61.7 Å². The molecule has 0 aromatic heterocycles. The molecule has 0 radical (unpaired) electrons. The Morgan fingerprint density at radius 1 is 0.650 bits per heavy atom. The van der Waals surface area contributed by atoms with Crippen LogP contribution in [0.1, 0.15) is 81.8 Å². The minimum Gasteiger partial charge on any atom is -0.478 e. The number of anilines is 2. The van der Waals surface area contributed by atoms with Gasteiger partial charge >= 0.3 is 11.9 Å². The number of ether oxygens (including phenoxy) is 3. The molecule has 0 saturated carbocycles. The number of esters is 1. The second-order valence-electron chi connectivity index (χ2n) is 14.7. The molecular formula is C52H50N2O6. The molecule has 2 aliphatic rings. The number of carboxylic acids is 1. The Balaban J connectivity index is 0.000000182. The van der Waals surface area contributed by atoms with Crippen LogP contribution in [-0.4, -0.2) is 43.3 Å². The molecule has 2 aliphatic heterocycles. The number of nitrogens with one attached hydrogen (secondary N) is 1. The van der Waals surface area contributed by atoms with Gasteiger partial charge in [0.1, 0.15) is 23.0 Å². The number of hydrogen-bond acceptors (Lipinski definition) is 7. The molecule has 8 nitrogen and oxygen atoms in total. The molecule has 0 atom stereocenters. The number of benzene rings is 6. The van der Waals surface area contributed by atoms with Crippen molar-refractivity contribution < 1.29 is 28.9 Å². The summed E-state index contributed by atoms with van der Waals surface area (Å²) < 4.78 is 17.9. The average molecular weight is 799 g/mol. The van der Waals surface area contributed by atoms with E-state index in [0.29, 0.717) is 23.5 Å². The maximum atomic E-state index is 12.8. The number of rotatable bonds is 10. The van der Waals surface area contributed by atoms with Crippen molar-refractivity contribution in [3.05, 3.63) is 175 Å². The van der Waals surface area contributed by atoms with E-state index in [0.717, 1.165) is 108 Å². The molecule has 60 heavy (non-hydrogen) atoms. The molecule has 8 rings (SSSR count). The third-order valence-electron chi connectivity index (χ3n) is 10.9. The number of aromatic carboxylic acids is 1. The Hall–Kier alpha value is -7.06. The number of carbonyl (C=O) groups is 2. The number of carboxylic acid groups (broad SMARTS) is 1. The molecule has 6 aromatic rings. The molecule has 304 valence electrons. The lowest BCUT2D eigenvalue weighted by Crippen LogP contribution is -2.23. The molecule has 0 unspecified atom stereocenters. The molecular weight excluding hydrogens is 749 g/mol. The summed E-state index contributed by atoms with van der Waals surface area (Å²) >= 11 is 0. The lowest BCUT2D eigenvalue weighted by atomic mass is 9.88. The van der Waals surface area contributed by atoms with Gasteiger partial charge in [0, 0.05) is 75.9 Å². The van der Waals surface area contributed by atoms with E-state index in [1.54, 1.807) is 12.1 Å². The molecule has 0 aliphatic carbocycles. The predicted molar refractivity (Wildman–Crippen MR) is 242 cm³/mol. The lowest BCUT2D eigenvalue weighted by molar-refractivity contribution is 0.0525. The highest BCUT2D eigenvalue weighted by Gasteiger charge is 2.27. The summed E-state index contributed by atoms with van der Waals surface area (Å²) in [6.45, 7) is 23.3. The molecule has 0 spiro atoms. The van der Waals surface area contributed by atoms with E-state index in [2.05, 4.69) is 69.3 Å². The van der Waals surface area contributed by atoms with Crippen molar-refractivity contribution >= 4 is 47.6 Å². The zero-order valence-electron chi connectivity index (χ0n) is 35.1. The molecule has 6 aromatic carbocycles. The maximum absolute atomic E-state index is 12.8. The maximum Gasteiger partial charge on any atom is 0.338 e. The van der Waals surface area contributed by atoms with E-state index in [1.165, 1.54) is 0 Å². The Bertz CT molecular complexity index is 2890. The van der Waals surface area contributed by atoms with Gasteiger partial charge in [-0.2, -0.15) is 0 Å². The first-order valence-electron chi connectivity index (χ1n) is 20.4. The van der Waals surface area contributed by atoms with E-state index in [9.17, 15) is 14.7 Å². The number of hydrogen-bond donors (Lipinski definition) is 2. The molecule has 2 N–H and O–H groups in total. The number of carbonyl (C=O) groups excluding carboxylic acids is 1. The van der Waals surface area contributed by atoms with Crippen molar-refractivity contribution in [3.63, 3.8) is 0 Å². The molecule has 0 bridgehead atoms. The van der Waals surface area contributed by atoms with Crippen LogP contribution in [0, 0.1) is 13.8 Å². The van der Waals surface area contributed by atoms with Gasteiger partial charge in [0.2, 0.25) is 0 Å². The largest absolute Gasteiger partial charge is 0.478 e. The van der Waals surface area contributed by atoms with Gasteiger partial charge in [-0.15, -0.1) is 0 Å². The van der Waals surface area contributed by atoms with Crippen LogP contribution in [0.5, 0.6) is 23.0 Å². The Labute approximate surface area is 351 Å². The fourth-order valence-corrected chi connectivity index (χ4v) is 7.89. The molecule has 8 heteroatoms. The second kappa shape index (κ2) is 17.4. The van der Waals surface area contributed by atoms with E-state index in [-0.39, 0.29) is 11.5 Å². The molecule has 0 fully saturated rings. The zero-order valence-corrected chi connectivity index (χ0v) is 35.1. The summed E-state index contributed by atoms with van der Waals surface area (Å²) in [5.74, 6) is 1.64. The van der Waals surface area contributed by atoms with Crippen LogP contribution >= 0.6 is 0 Å². The van der Waals surface area contributed by atoms with Crippen LogP contribution in [-0.2, 0) is 4.74 Å². The van der Waals surface area contributed by atoms with Gasteiger partial charge in [0.15, 0.2) is 0 Å². The van der Waals surface area contributed by atoms with Crippen molar-refractivity contribution in [2.75, 3.05) is 36.5 Å². The monoisotopic (exact) mass is 798 g/mol. The summed E-state index contributed by atoms with van der Waals surface area (Å²) in [6.07, 6.45) is 0. The third-order valence-corrected chi connectivity index (χ3v) is 10.9. The first kappa shape index (κ1) is 41.1. The highest BCUT2D eigenvalue weighted by Crippen LogP contribution is 2.41. The van der Waals surface area contributed by atoms with E-state index in [4.69, 9.17) is 14.2 Å². The van der Waals surface area contributed by atoms with E-state index >= 15 is 0 Å². The van der Waals surface area contributed by atoms with Crippen LogP contribution < -0.4 is 40.6 Å². The quantitative estimate of drug-likeness (QED) is 0.133. The van der Waals surface area contributed by atoms with Crippen molar-refractivity contribution in [1.29, 1.82) is 0 Å². The number of fused-ring (bicyclic) bond motifs is 4. The third kappa shape index (κ3) is 7.88. The van der Waals surface area contributed by atoms with Gasteiger partial charge in [0.25, 0.3) is 0 Å². The minimum absolute atomic E-state index is 0.271. The lowest BCUT2D eigenvalue weighted by Gasteiger charge is -2.26. The standard InChI is InChI=1S/C27H27NO3.C25H23NO3/c1-6-28-23-15-25-22(13-18(23)5)26(21-12-16(3)17(4)14-24(21)31-25)19-10-8-9-11-20(19)27(29)30-7-2;1-4-26(5-2)17-11-13-21-23(15-17)29-22-14-16(3)10-12-20(22)24(21)18-8-6-7-9-19(18)25(27)28/h8-15,28H,4,6-7H2,1-3,5H3;6-15H,3-5H2,1-2H3,(H,27,28). The zero-order chi connectivity index (χ0) is 42.7. The highest BCUT2D eigenvalue weighted by atomic mass is 16.5. The van der Waals surface area contributed by atoms with Gasteiger partial charge in [-0.05, 0) is 123 Å². The number of nitrogens with zero attached hydrogens (tertiary/aromatic N) is 1. The Morgan fingerprint density at radius 3 is 1.95 bits per heavy atom. The molecule has 0 saturated heterocycles. The smallest absolute Gasteiger partial charge is 0.338 e. The van der Waals surface area contributed by atoms with Crippen molar-refractivity contribution in [2.24, 2.45) is 0 Å². The molecule has 2 heterocycles. The topological polar surface area (TPSA) is 97.3 Å². The SMILES string of the molecule is C=c1cc2c(cc1C)=C(c1ccccc1C(=O)OCC)c1cc(C)c(NCC)cc1O2.C=c1ccc2c(c1)Oc1cc(N(CC)CC)ccc1C=2c1ccccc1C(=O)O. The van der Waals surface area contributed by atoms with Crippen molar-refractivity contribution in [3.8, 4) is 23.0 Å². The van der Waals surface area contributed by atoms with Crippen LogP contribution in [0.2, 0.25) is 0 Å². The van der Waals surface area contributed by atoms with Crippen LogP contribution in [0.3, 0.4) is 0 Å². The van der Waals surface area contributed by atoms with Crippen molar-refractivity contribution in [2.45, 2.75) is 41.5 Å². The van der Waals surface area contributed by atoms with Gasteiger partial charge < -0.3 is 29.5 Å². The normalized spacial score (nSPS) is 12.0. The number of aryl methyl sites for hydroxylation is 2. The van der Waals surface area contributed by atoms with E-state index < -0.39 is 5.97 Å². The van der Waals surface area contributed by atoms with Gasteiger partial charge in [-0.25, -0.2) is 9.59 Å². The first-order chi connectivity index (χ1) is 29.0. The highest BCUT2D eigenvalue weighted by molar-refractivity contribution is 6.00. The summed E-state index contributed by atoms with van der Waals surface area (Å²) in [6, 6.07) is 34.8. The predicted octanol–water partition coefficient (Wildman–Crippen LogP) is 8.67. The van der Waals surface area contributed by atoms with Crippen LogP contribution in [0.4, 0.5) is 11.4 Å². The summed E-state index contributed by atoms with van der Waals surface area (Å²) in [7, 11) is 0. The summed E-state index contributed by atoms with van der Waals surface area (Å²) in [5.41, 5.74) is 10.3. The van der Waals surface area contributed by atoms with Crippen LogP contribution in [0.15, 0.2) is 109 Å². The van der Waals surface area contributed by atoms with Gasteiger partial charge in [-0.3, -0.25) is 0 Å². The van der Waals surface area contributed by atoms with E-state index in [1.807, 2.05) is 92.7 Å². The average Bonchev–Trinajstić information content (AvgIpc) is 3.24. The fraction of sp³-hybridized carbons (Fsp3) is 0.192. The van der Waals surface area contributed by atoms with Crippen molar-refractivity contribution in [1.82, 2.24) is 0 Å². The minimum atomic E-state index is -0.948. The first-order valence-corrected chi connectivity index (χ1v) is 20.4. The second-order valence-corrected chi connectivity index (χ2v) is 14.7. The summed E-state index contributed by atoms with van der Waals surface area (Å²) in [5, 5.41) is 16.7. The van der Waals surface area contributed by atoms with Crippen LogP contribution in [0.25, 0.3) is 24.3 Å². The van der Waals surface area contributed by atoms with Gasteiger partial charge in [0.05, 0.1) is 17.7 Å².